The monoisotopic (exact) mass is 238 g/mol. The van der Waals surface area contributed by atoms with Crippen LogP contribution in [0, 0.1) is 11.7 Å². The van der Waals surface area contributed by atoms with Crippen molar-refractivity contribution >= 4 is 35.0 Å². The van der Waals surface area contributed by atoms with Crippen molar-refractivity contribution in [1.82, 2.24) is 9.55 Å². The molecule has 0 aliphatic carbocycles. The van der Waals surface area contributed by atoms with Crippen molar-refractivity contribution in [2.24, 2.45) is 0 Å². The first-order chi connectivity index (χ1) is 7.22. The molecular formula is C11H14N2S2. The first kappa shape index (κ1) is 10.8. The number of thioether (sulfide) groups is 1. The number of imidazole rings is 1. The van der Waals surface area contributed by atoms with E-state index in [1.165, 1.54) is 11.1 Å². The van der Waals surface area contributed by atoms with Crippen molar-refractivity contribution in [3.05, 3.63) is 28.5 Å². The maximum atomic E-state index is 5.31. The van der Waals surface area contributed by atoms with Gasteiger partial charge >= 0.3 is 0 Å². The summed E-state index contributed by atoms with van der Waals surface area (Å²) >= 11 is 7.15. The van der Waals surface area contributed by atoms with E-state index in [0.717, 1.165) is 22.6 Å². The van der Waals surface area contributed by atoms with E-state index in [9.17, 15) is 0 Å². The maximum absolute atomic E-state index is 5.31. The third-order valence-electron chi connectivity index (χ3n) is 2.45. The predicted octanol–water partition coefficient (Wildman–Crippen LogP) is 3.37. The summed E-state index contributed by atoms with van der Waals surface area (Å²) in [6, 6.07) is 6.38. The van der Waals surface area contributed by atoms with Crippen LogP contribution in [0.1, 0.15) is 5.56 Å². The minimum Gasteiger partial charge on any atom is -0.331 e. The molecule has 0 aliphatic rings. The number of nitrogens with one attached hydrogen (secondary N) is 1. The van der Waals surface area contributed by atoms with Gasteiger partial charge < -0.3 is 9.55 Å². The summed E-state index contributed by atoms with van der Waals surface area (Å²) in [4.78, 5) is 3.23. The molecule has 4 heteroatoms. The molecule has 2 nitrogen and oxygen atoms in total. The Kier molecular flexibility index (Phi) is 3.17. The van der Waals surface area contributed by atoms with E-state index in [0.29, 0.717) is 0 Å². The molecule has 0 atom stereocenters. The molecule has 0 amide bonds. The second-order valence-corrected chi connectivity index (χ2v) is 4.97. The van der Waals surface area contributed by atoms with Gasteiger partial charge in [-0.3, -0.25) is 0 Å². The lowest BCUT2D eigenvalue weighted by atomic mass is 10.2. The van der Waals surface area contributed by atoms with Gasteiger partial charge in [-0.25, -0.2) is 0 Å². The van der Waals surface area contributed by atoms with Gasteiger partial charge in [0.15, 0.2) is 4.77 Å². The molecule has 0 bridgehead atoms. The minimum atomic E-state index is 0.824. The molecule has 1 N–H and O–H groups in total. The van der Waals surface area contributed by atoms with Gasteiger partial charge in [-0.2, -0.15) is 11.8 Å². The van der Waals surface area contributed by atoms with Crippen LogP contribution >= 0.6 is 24.0 Å². The molecule has 0 unspecified atom stereocenters. The van der Waals surface area contributed by atoms with Crippen LogP contribution in [0.2, 0.25) is 0 Å². The zero-order valence-corrected chi connectivity index (χ0v) is 10.5. The van der Waals surface area contributed by atoms with Crippen molar-refractivity contribution in [1.29, 1.82) is 0 Å². The summed E-state index contributed by atoms with van der Waals surface area (Å²) in [7, 11) is 0. The van der Waals surface area contributed by atoms with Gasteiger partial charge in [0, 0.05) is 12.3 Å². The first-order valence-corrected chi connectivity index (χ1v) is 6.70. The Bertz CT molecular complexity index is 525. The van der Waals surface area contributed by atoms with Gasteiger partial charge in [0.1, 0.15) is 0 Å². The topological polar surface area (TPSA) is 20.7 Å². The summed E-state index contributed by atoms with van der Waals surface area (Å²) < 4.78 is 3.00. The summed E-state index contributed by atoms with van der Waals surface area (Å²) in [5.41, 5.74) is 3.62. The number of hydrogen-bond donors (Lipinski definition) is 1. The summed E-state index contributed by atoms with van der Waals surface area (Å²) in [6.45, 7) is 3.08. The molecule has 0 radical (unpaired) electrons. The summed E-state index contributed by atoms with van der Waals surface area (Å²) in [5.74, 6) is 1.09. The zero-order valence-electron chi connectivity index (χ0n) is 8.91. The fourth-order valence-corrected chi connectivity index (χ4v) is 2.33. The molecular weight excluding hydrogens is 224 g/mol. The molecule has 0 spiro atoms. The molecule has 80 valence electrons. The Labute approximate surface area is 98.7 Å². The standard InChI is InChI=1S/C11H14N2S2/c1-8-3-4-9-10(7-8)13(5-6-15-2)11(14)12-9/h3-4,7H,5-6H2,1-2H3,(H,12,14). The summed E-state index contributed by atoms with van der Waals surface area (Å²) in [6.07, 6.45) is 2.11. The molecule has 1 aromatic carbocycles. The summed E-state index contributed by atoms with van der Waals surface area (Å²) in [5, 5.41) is 0. The second-order valence-electron chi connectivity index (χ2n) is 3.60. The van der Waals surface area contributed by atoms with Crippen molar-refractivity contribution in [3.8, 4) is 0 Å². The van der Waals surface area contributed by atoms with Crippen LogP contribution in [-0.4, -0.2) is 21.6 Å². The number of benzene rings is 1. The van der Waals surface area contributed by atoms with Crippen LogP contribution in [0.15, 0.2) is 18.2 Å². The highest BCUT2D eigenvalue weighted by Crippen LogP contribution is 2.16. The van der Waals surface area contributed by atoms with Crippen molar-refractivity contribution < 1.29 is 0 Å². The van der Waals surface area contributed by atoms with Crippen LogP contribution in [0.4, 0.5) is 0 Å². The highest BCUT2D eigenvalue weighted by Gasteiger charge is 2.03. The fraction of sp³-hybridized carbons (Fsp3) is 0.364. The Morgan fingerprint density at radius 1 is 1.47 bits per heavy atom. The minimum absolute atomic E-state index is 0.824. The van der Waals surface area contributed by atoms with Gasteiger partial charge in [-0.1, -0.05) is 6.07 Å². The van der Waals surface area contributed by atoms with Crippen LogP contribution in [-0.2, 0) is 6.54 Å². The Morgan fingerprint density at radius 2 is 2.27 bits per heavy atom. The number of rotatable bonds is 3. The number of fused-ring (bicyclic) bond motifs is 1. The fourth-order valence-electron chi connectivity index (χ4n) is 1.67. The number of hydrogen-bond acceptors (Lipinski definition) is 2. The third kappa shape index (κ3) is 2.11. The lowest BCUT2D eigenvalue weighted by Crippen LogP contribution is -1.99. The Balaban J connectivity index is 2.55. The molecule has 0 saturated heterocycles. The first-order valence-electron chi connectivity index (χ1n) is 4.90. The highest BCUT2D eigenvalue weighted by molar-refractivity contribution is 7.98. The molecule has 0 saturated carbocycles. The number of aryl methyl sites for hydroxylation is 2. The lowest BCUT2D eigenvalue weighted by Gasteiger charge is -2.02. The third-order valence-corrected chi connectivity index (χ3v) is 3.36. The van der Waals surface area contributed by atoms with E-state index in [-0.39, 0.29) is 0 Å². The van der Waals surface area contributed by atoms with Gasteiger partial charge in [-0.15, -0.1) is 0 Å². The van der Waals surface area contributed by atoms with Crippen LogP contribution in [0.5, 0.6) is 0 Å². The molecule has 15 heavy (non-hydrogen) atoms. The van der Waals surface area contributed by atoms with Crippen molar-refractivity contribution in [2.75, 3.05) is 12.0 Å². The maximum Gasteiger partial charge on any atom is 0.178 e. The lowest BCUT2D eigenvalue weighted by molar-refractivity contribution is 0.784. The number of H-pyrrole nitrogens is 1. The van der Waals surface area contributed by atoms with Crippen LogP contribution in [0.25, 0.3) is 11.0 Å². The average molecular weight is 238 g/mol. The van der Waals surface area contributed by atoms with Crippen molar-refractivity contribution in [3.63, 3.8) is 0 Å². The van der Waals surface area contributed by atoms with Crippen molar-refractivity contribution in [2.45, 2.75) is 13.5 Å². The Hall–Kier alpha value is -0.740. The van der Waals surface area contributed by atoms with Gasteiger partial charge in [0.25, 0.3) is 0 Å². The second kappa shape index (κ2) is 4.41. The van der Waals surface area contributed by atoms with E-state index in [1.807, 2.05) is 11.8 Å². The number of aromatic nitrogens is 2. The zero-order chi connectivity index (χ0) is 10.8. The molecule has 0 aliphatic heterocycles. The molecule has 1 aromatic heterocycles. The smallest absolute Gasteiger partial charge is 0.178 e. The molecule has 2 aromatic rings. The molecule has 0 fully saturated rings. The SMILES string of the molecule is CSCCn1c(=S)[nH]c2ccc(C)cc21. The van der Waals surface area contributed by atoms with Gasteiger partial charge in [0.05, 0.1) is 11.0 Å². The quantitative estimate of drug-likeness (QED) is 0.828. The largest absolute Gasteiger partial charge is 0.331 e. The van der Waals surface area contributed by atoms with Gasteiger partial charge in [-0.05, 0) is 43.1 Å². The van der Waals surface area contributed by atoms with E-state index < -0.39 is 0 Å². The normalized spacial score (nSPS) is 11.1. The van der Waals surface area contributed by atoms with E-state index >= 15 is 0 Å². The van der Waals surface area contributed by atoms with Crippen LogP contribution in [0.3, 0.4) is 0 Å². The average Bonchev–Trinajstić information content (AvgIpc) is 2.51. The van der Waals surface area contributed by atoms with Crippen LogP contribution < -0.4 is 0 Å². The van der Waals surface area contributed by atoms with Gasteiger partial charge in [0.2, 0.25) is 0 Å². The van der Waals surface area contributed by atoms with E-state index in [1.54, 1.807) is 0 Å². The molecule has 2 rings (SSSR count). The Morgan fingerprint density at radius 3 is 3.00 bits per heavy atom. The highest BCUT2D eigenvalue weighted by atomic mass is 32.2. The number of nitrogens with zero attached hydrogens (tertiary/aromatic N) is 1. The number of aromatic amines is 1. The predicted molar refractivity (Wildman–Crippen MR) is 70.2 cm³/mol. The van der Waals surface area contributed by atoms with E-state index in [2.05, 4.69) is 40.9 Å². The van der Waals surface area contributed by atoms with E-state index in [4.69, 9.17) is 12.2 Å². The molecule has 1 heterocycles.